The van der Waals surface area contributed by atoms with Crippen LogP contribution in [0, 0.1) is 0 Å². The lowest BCUT2D eigenvalue weighted by molar-refractivity contribution is -0.145. The molecule has 5 nitrogen and oxygen atoms in total. The van der Waals surface area contributed by atoms with Gasteiger partial charge in [-0.05, 0) is 19.5 Å². The van der Waals surface area contributed by atoms with Gasteiger partial charge in [0.1, 0.15) is 0 Å². The molecule has 0 spiro atoms. The van der Waals surface area contributed by atoms with Crippen molar-refractivity contribution < 1.29 is 19.0 Å². The molecular weight excluding hydrogens is 246 g/mol. The fraction of sp³-hybridized carbons (Fsp3) is 0.500. The maximum Gasteiger partial charge on any atom is 0.344 e. The summed E-state index contributed by atoms with van der Waals surface area (Å²) in [4.78, 5) is 11.3. The molecular formula is C14H21NO4. The number of hydrogen-bond donors (Lipinski definition) is 1. The lowest BCUT2D eigenvalue weighted by Gasteiger charge is -2.14. The Bertz CT molecular complexity index is 406. The normalized spacial score (nSPS) is 10.1. The summed E-state index contributed by atoms with van der Waals surface area (Å²) in [6.45, 7) is 5.53. The number of carbonyl (C=O) groups is 1. The van der Waals surface area contributed by atoms with Crippen molar-refractivity contribution in [2.24, 2.45) is 0 Å². The van der Waals surface area contributed by atoms with Gasteiger partial charge < -0.3 is 19.5 Å². The molecule has 0 aliphatic rings. The van der Waals surface area contributed by atoms with E-state index in [1.54, 1.807) is 20.1 Å². The van der Waals surface area contributed by atoms with Gasteiger partial charge in [-0.25, -0.2) is 4.79 Å². The molecule has 0 aromatic heterocycles. The summed E-state index contributed by atoms with van der Waals surface area (Å²) in [5, 5.41) is 3.22. The van der Waals surface area contributed by atoms with Crippen LogP contribution in [0.25, 0.3) is 0 Å². The summed E-state index contributed by atoms with van der Waals surface area (Å²) < 4.78 is 15.6. The molecule has 1 rings (SSSR count). The van der Waals surface area contributed by atoms with Crippen molar-refractivity contribution in [3.63, 3.8) is 0 Å². The number of para-hydroxylation sites is 1. The van der Waals surface area contributed by atoms with Crippen molar-refractivity contribution in [1.82, 2.24) is 5.32 Å². The topological polar surface area (TPSA) is 56.8 Å². The number of hydrogen-bond acceptors (Lipinski definition) is 5. The van der Waals surface area contributed by atoms with Crippen LogP contribution in [-0.2, 0) is 16.1 Å². The monoisotopic (exact) mass is 267 g/mol. The van der Waals surface area contributed by atoms with Crippen molar-refractivity contribution in [3.05, 3.63) is 23.8 Å². The van der Waals surface area contributed by atoms with Crippen molar-refractivity contribution in [2.45, 2.75) is 20.4 Å². The third-order valence-electron chi connectivity index (χ3n) is 2.49. The third-order valence-corrected chi connectivity index (χ3v) is 2.49. The zero-order valence-electron chi connectivity index (χ0n) is 11.7. The summed E-state index contributed by atoms with van der Waals surface area (Å²) in [6, 6.07) is 5.63. The minimum absolute atomic E-state index is 0.118. The Balaban J connectivity index is 2.79. The molecule has 0 aliphatic carbocycles. The highest BCUT2D eigenvalue weighted by atomic mass is 16.6. The Kier molecular flexibility index (Phi) is 6.74. The predicted octanol–water partition coefficient (Wildman–Crippen LogP) is 1.75. The molecule has 0 fully saturated rings. The number of rotatable bonds is 8. The molecule has 0 bridgehead atoms. The molecule has 0 saturated carbocycles. The van der Waals surface area contributed by atoms with Gasteiger partial charge in [0.25, 0.3) is 0 Å². The molecule has 1 aromatic rings. The van der Waals surface area contributed by atoms with Gasteiger partial charge in [0.05, 0.1) is 13.7 Å². The summed E-state index contributed by atoms with van der Waals surface area (Å²) in [6.07, 6.45) is 0. The SMILES string of the molecule is CCNCc1cccc(OC)c1OCC(=O)OCC. The molecule has 1 aromatic carbocycles. The highest BCUT2D eigenvalue weighted by molar-refractivity contribution is 5.71. The molecule has 19 heavy (non-hydrogen) atoms. The van der Waals surface area contributed by atoms with Crippen molar-refractivity contribution in [2.75, 3.05) is 26.9 Å². The minimum atomic E-state index is -0.386. The Morgan fingerprint density at radius 2 is 2.11 bits per heavy atom. The zero-order valence-corrected chi connectivity index (χ0v) is 11.7. The lowest BCUT2D eigenvalue weighted by Crippen LogP contribution is -2.17. The largest absolute Gasteiger partial charge is 0.493 e. The Labute approximate surface area is 113 Å². The molecule has 0 atom stereocenters. The second kappa shape index (κ2) is 8.37. The van der Waals surface area contributed by atoms with E-state index in [2.05, 4.69) is 5.32 Å². The van der Waals surface area contributed by atoms with Gasteiger partial charge >= 0.3 is 5.97 Å². The zero-order chi connectivity index (χ0) is 14.1. The molecule has 0 unspecified atom stereocenters. The number of ether oxygens (including phenoxy) is 3. The second-order valence-electron chi connectivity index (χ2n) is 3.82. The molecule has 0 aliphatic heterocycles. The fourth-order valence-electron chi connectivity index (χ4n) is 1.62. The van der Waals surface area contributed by atoms with Gasteiger partial charge in [0, 0.05) is 12.1 Å². The van der Waals surface area contributed by atoms with E-state index in [1.807, 2.05) is 19.1 Å². The van der Waals surface area contributed by atoms with Crippen LogP contribution < -0.4 is 14.8 Å². The van der Waals surface area contributed by atoms with E-state index in [0.29, 0.717) is 24.7 Å². The summed E-state index contributed by atoms with van der Waals surface area (Å²) >= 11 is 0. The quantitative estimate of drug-likeness (QED) is 0.727. The molecule has 1 N–H and O–H groups in total. The fourth-order valence-corrected chi connectivity index (χ4v) is 1.62. The predicted molar refractivity (Wildman–Crippen MR) is 72.5 cm³/mol. The highest BCUT2D eigenvalue weighted by Crippen LogP contribution is 2.31. The molecule has 0 saturated heterocycles. The number of carbonyl (C=O) groups excluding carboxylic acids is 1. The van der Waals surface area contributed by atoms with Crippen LogP contribution in [0.1, 0.15) is 19.4 Å². The first kappa shape index (κ1) is 15.3. The van der Waals surface area contributed by atoms with E-state index in [-0.39, 0.29) is 12.6 Å². The van der Waals surface area contributed by atoms with Crippen molar-refractivity contribution >= 4 is 5.97 Å². The van der Waals surface area contributed by atoms with E-state index in [9.17, 15) is 4.79 Å². The van der Waals surface area contributed by atoms with Crippen LogP contribution in [0.5, 0.6) is 11.5 Å². The van der Waals surface area contributed by atoms with E-state index in [0.717, 1.165) is 12.1 Å². The van der Waals surface area contributed by atoms with Gasteiger partial charge in [-0.3, -0.25) is 0 Å². The van der Waals surface area contributed by atoms with Crippen LogP contribution in [0.4, 0.5) is 0 Å². The van der Waals surface area contributed by atoms with Crippen LogP contribution in [0.15, 0.2) is 18.2 Å². The van der Waals surface area contributed by atoms with Gasteiger partial charge in [0.15, 0.2) is 18.1 Å². The summed E-state index contributed by atoms with van der Waals surface area (Å²) in [7, 11) is 1.57. The van der Waals surface area contributed by atoms with E-state index in [4.69, 9.17) is 14.2 Å². The standard InChI is InChI=1S/C14H21NO4/c1-4-15-9-11-7-6-8-12(17-3)14(11)19-10-13(16)18-5-2/h6-8,15H,4-5,9-10H2,1-3H3. The molecule has 0 amide bonds. The van der Waals surface area contributed by atoms with Crippen molar-refractivity contribution in [1.29, 1.82) is 0 Å². The van der Waals surface area contributed by atoms with Crippen LogP contribution in [0.2, 0.25) is 0 Å². The molecule has 0 heterocycles. The Morgan fingerprint density at radius 1 is 1.32 bits per heavy atom. The molecule has 5 heteroatoms. The maximum atomic E-state index is 11.3. The number of esters is 1. The van der Waals surface area contributed by atoms with Crippen LogP contribution in [-0.4, -0.2) is 32.8 Å². The van der Waals surface area contributed by atoms with Gasteiger partial charge in [-0.15, -0.1) is 0 Å². The smallest absolute Gasteiger partial charge is 0.344 e. The van der Waals surface area contributed by atoms with E-state index >= 15 is 0 Å². The lowest BCUT2D eigenvalue weighted by atomic mass is 10.2. The number of nitrogens with one attached hydrogen (secondary N) is 1. The number of benzene rings is 1. The average molecular weight is 267 g/mol. The first-order valence-electron chi connectivity index (χ1n) is 6.37. The maximum absolute atomic E-state index is 11.3. The van der Waals surface area contributed by atoms with Gasteiger partial charge in [-0.2, -0.15) is 0 Å². The van der Waals surface area contributed by atoms with E-state index < -0.39 is 0 Å². The number of methoxy groups -OCH3 is 1. The van der Waals surface area contributed by atoms with Gasteiger partial charge in [0.2, 0.25) is 0 Å². The van der Waals surface area contributed by atoms with E-state index in [1.165, 1.54) is 0 Å². The van der Waals surface area contributed by atoms with Gasteiger partial charge in [-0.1, -0.05) is 19.1 Å². The highest BCUT2D eigenvalue weighted by Gasteiger charge is 2.12. The van der Waals surface area contributed by atoms with Crippen molar-refractivity contribution in [3.8, 4) is 11.5 Å². The average Bonchev–Trinajstić information content (AvgIpc) is 2.43. The summed E-state index contributed by atoms with van der Waals surface area (Å²) in [5.74, 6) is 0.807. The van der Waals surface area contributed by atoms with Crippen LogP contribution >= 0.6 is 0 Å². The minimum Gasteiger partial charge on any atom is -0.493 e. The summed E-state index contributed by atoms with van der Waals surface area (Å²) in [5.41, 5.74) is 0.950. The molecule has 106 valence electrons. The Morgan fingerprint density at radius 3 is 2.74 bits per heavy atom. The first-order chi connectivity index (χ1) is 9.22. The Hall–Kier alpha value is -1.75. The second-order valence-corrected chi connectivity index (χ2v) is 3.82. The van der Waals surface area contributed by atoms with Crippen LogP contribution in [0.3, 0.4) is 0 Å². The molecule has 0 radical (unpaired) electrons. The first-order valence-corrected chi connectivity index (χ1v) is 6.37. The third kappa shape index (κ3) is 4.79.